The number of amides is 1. The minimum atomic E-state index is -0.251. The molecule has 0 spiro atoms. The number of methoxy groups -OCH3 is 1. The van der Waals surface area contributed by atoms with E-state index in [0.717, 1.165) is 26.1 Å². The first kappa shape index (κ1) is 15.4. The highest BCUT2D eigenvalue weighted by Gasteiger charge is 2.19. The highest BCUT2D eigenvalue weighted by molar-refractivity contribution is 7.23. The molecule has 2 heterocycles. The van der Waals surface area contributed by atoms with Gasteiger partial charge in [0.1, 0.15) is 10.6 Å². The fraction of sp³-hybridized carbons (Fsp3) is 0.0588. The minimum absolute atomic E-state index is 0.251. The second kappa shape index (κ2) is 6.05. The van der Waals surface area contributed by atoms with Gasteiger partial charge in [-0.05, 0) is 30.3 Å². The predicted molar refractivity (Wildman–Crippen MR) is 101 cm³/mol. The zero-order chi connectivity index (χ0) is 16.7. The molecule has 120 valence electrons. The number of aromatic nitrogens is 1. The van der Waals surface area contributed by atoms with Crippen molar-refractivity contribution in [3.8, 4) is 5.75 Å². The van der Waals surface area contributed by atoms with E-state index in [9.17, 15) is 4.79 Å². The second-order valence-electron chi connectivity index (χ2n) is 5.05. The molecular formula is C17H11ClN2O2S2. The van der Waals surface area contributed by atoms with Gasteiger partial charge < -0.3 is 4.74 Å². The van der Waals surface area contributed by atoms with Crippen LogP contribution in [0.25, 0.3) is 20.3 Å². The van der Waals surface area contributed by atoms with Gasteiger partial charge in [0.05, 0.1) is 22.3 Å². The third kappa shape index (κ3) is 2.62. The molecule has 0 aliphatic carbocycles. The zero-order valence-electron chi connectivity index (χ0n) is 12.5. The van der Waals surface area contributed by atoms with E-state index in [4.69, 9.17) is 16.3 Å². The van der Waals surface area contributed by atoms with Crippen molar-refractivity contribution in [2.75, 3.05) is 12.4 Å². The molecule has 0 aliphatic rings. The third-order valence-electron chi connectivity index (χ3n) is 3.56. The van der Waals surface area contributed by atoms with Crippen molar-refractivity contribution in [1.29, 1.82) is 0 Å². The van der Waals surface area contributed by atoms with Crippen LogP contribution in [0.2, 0.25) is 5.02 Å². The largest absolute Gasteiger partial charge is 0.497 e. The van der Waals surface area contributed by atoms with E-state index >= 15 is 0 Å². The molecule has 2 aromatic carbocycles. The average Bonchev–Trinajstić information content (AvgIpc) is 3.15. The van der Waals surface area contributed by atoms with E-state index in [-0.39, 0.29) is 5.91 Å². The molecule has 0 saturated heterocycles. The number of thiophene rings is 1. The maximum Gasteiger partial charge on any atom is 0.269 e. The molecule has 0 unspecified atom stereocenters. The number of carbonyl (C=O) groups is 1. The smallest absolute Gasteiger partial charge is 0.269 e. The van der Waals surface area contributed by atoms with Crippen LogP contribution in [0.5, 0.6) is 5.75 Å². The molecule has 4 nitrogen and oxygen atoms in total. The van der Waals surface area contributed by atoms with Gasteiger partial charge in [-0.25, -0.2) is 4.98 Å². The number of anilines is 1. The van der Waals surface area contributed by atoms with Crippen LogP contribution in [-0.2, 0) is 0 Å². The topological polar surface area (TPSA) is 51.2 Å². The maximum atomic E-state index is 12.6. The van der Waals surface area contributed by atoms with Crippen molar-refractivity contribution in [2.24, 2.45) is 0 Å². The van der Waals surface area contributed by atoms with Gasteiger partial charge in [-0.15, -0.1) is 11.3 Å². The number of carbonyl (C=O) groups excluding carboxylic acids is 1. The number of nitrogens with one attached hydrogen (secondary N) is 1. The molecule has 4 rings (SSSR count). The maximum absolute atomic E-state index is 12.6. The molecule has 0 bridgehead atoms. The third-order valence-corrected chi connectivity index (χ3v) is 6.16. The van der Waals surface area contributed by atoms with Crippen molar-refractivity contribution in [1.82, 2.24) is 4.98 Å². The number of ether oxygens (including phenoxy) is 1. The first-order valence-electron chi connectivity index (χ1n) is 7.08. The number of nitrogens with zero attached hydrogens (tertiary/aromatic N) is 1. The molecule has 0 saturated carbocycles. The average molecular weight is 375 g/mol. The predicted octanol–water partition coefficient (Wildman–Crippen LogP) is 5.43. The lowest BCUT2D eigenvalue weighted by Crippen LogP contribution is -2.10. The van der Waals surface area contributed by atoms with Gasteiger partial charge >= 0.3 is 0 Å². The van der Waals surface area contributed by atoms with Gasteiger partial charge in [0, 0.05) is 10.1 Å². The summed E-state index contributed by atoms with van der Waals surface area (Å²) >= 11 is 9.16. The first-order chi connectivity index (χ1) is 11.7. The van der Waals surface area contributed by atoms with Crippen LogP contribution in [0.1, 0.15) is 9.67 Å². The zero-order valence-corrected chi connectivity index (χ0v) is 14.9. The lowest BCUT2D eigenvalue weighted by atomic mass is 10.2. The summed E-state index contributed by atoms with van der Waals surface area (Å²) in [4.78, 5) is 17.5. The molecule has 0 fully saturated rings. The van der Waals surface area contributed by atoms with Gasteiger partial charge in [0.2, 0.25) is 0 Å². The SMILES string of the molecule is COc1ccc2c(Cl)c(C(=O)Nc3nc4ccccc4s3)sc2c1. The van der Waals surface area contributed by atoms with E-state index in [1.54, 1.807) is 7.11 Å². The Bertz CT molecular complexity index is 1040. The van der Waals surface area contributed by atoms with E-state index in [0.29, 0.717) is 15.0 Å². The summed E-state index contributed by atoms with van der Waals surface area (Å²) in [6.07, 6.45) is 0. The first-order valence-corrected chi connectivity index (χ1v) is 9.10. The number of thiazole rings is 1. The number of hydrogen-bond donors (Lipinski definition) is 1. The summed E-state index contributed by atoms with van der Waals surface area (Å²) in [6, 6.07) is 13.3. The van der Waals surface area contributed by atoms with Crippen LogP contribution < -0.4 is 10.1 Å². The Hall–Kier alpha value is -2.15. The second-order valence-corrected chi connectivity index (χ2v) is 7.51. The van der Waals surface area contributed by atoms with Crippen LogP contribution in [0.4, 0.5) is 5.13 Å². The molecule has 0 aliphatic heterocycles. The number of fused-ring (bicyclic) bond motifs is 2. The van der Waals surface area contributed by atoms with E-state index < -0.39 is 0 Å². The minimum Gasteiger partial charge on any atom is -0.497 e. The Labute approximate surface area is 150 Å². The molecule has 24 heavy (non-hydrogen) atoms. The standard InChI is InChI=1S/C17H11ClN2O2S2/c1-22-9-6-7-10-13(8-9)23-15(14(10)18)16(21)20-17-19-11-4-2-3-5-12(11)24-17/h2-8H,1H3,(H,19,20,21). The van der Waals surface area contributed by atoms with Gasteiger partial charge in [-0.3, -0.25) is 10.1 Å². The Balaban J connectivity index is 1.68. The Morgan fingerprint density at radius 3 is 2.79 bits per heavy atom. The summed E-state index contributed by atoms with van der Waals surface area (Å²) in [5, 5.41) is 4.70. The van der Waals surface area contributed by atoms with Crippen LogP contribution in [-0.4, -0.2) is 18.0 Å². The summed E-state index contributed by atoms with van der Waals surface area (Å²) in [5.74, 6) is 0.484. The van der Waals surface area contributed by atoms with Crippen molar-refractivity contribution >= 4 is 65.6 Å². The molecule has 7 heteroatoms. The molecular weight excluding hydrogens is 364 g/mol. The molecule has 2 aromatic heterocycles. The van der Waals surface area contributed by atoms with Crippen LogP contribution in [0.3, 0.4) is 0 Å². The number of benzene rings is 2. The fourth-order valence-electron chi connectivity index (χ4n) is 2.40. The summed E-state index contributed by atoms with van der Waals surface area (Å²) in [7, 11) is 1.61. The van der Waals surface area contributed by atoms with Crippen molar-refractivity contribution in [2.45, 2.75) is 0 Å². The van der Waals surface area contributed by atoms with Gasteiger partial charge in [0.15, 0.2) is 5.13 Å². The molecule has 0 radical (unpaired) electrons. The van der Waals surface area contributed by atoms with Crippen molar-refractivity contribution in [3.63, 3.8) is 0 Å². The lowest BCUT2D eigenvalue weighted by molar-refractivity contribution is 0.103. The molecule has 4 aromatic rings. The summed E-state index contributed by atoms with van der Waals surface area (Å²) < 4.78 is 7.15. The van der Waals surface area contributed by atoms with Crippen molar-refractivity contribution in [3.05, 3.63) is 52.4 Å². The van der Waals surface area contributed by atoms with Gasteiger partial charge in [-0.1, -0.05) is 35.1 Å². The highest BCUT2D eigenvalue weighted by Crippen LogP contribution is 2.38. The number of hydrogen-bond acceptors (Lipinski definition) is 5. The van der Waals surface area contributed by atoms with Gasteiger partial charge in [-0.2, -0.15) is 0 Å². The van der Waals surface area contributed by atoms with Crippen LogP contribution in [0.15, 0.2) is 42.5 Å². The Kier molecular flexibility index (Phi) is 3.88. The molecule has 1 amide bonds. The van der Waals surface area contributed by atoms with Gasteiger partial charge in [0.25, 0.3) is 5.91 Å². The normalized spacial score (nSPS) is 11.1. The number of rotatable bonds is 3. The summed E-state index contributed by atoms with van der Waals surface area (Å²) in [5.41, 5.74) is 0.866. The van der Waals surface area contributed by atoms with E-state index in [2.05, 4.69) is 10.3 Å². The van der Waals surface area contributed by atoms with Crippen LogP contribution >= 0.6 is 34.3 Å². The molecule has 0 atom stereocenters. The van der Waals surface area contributed by atoms with E-state index in [1.807, 2.05) is 42.5 Å². The highest BCUT2D eigenvalue weighted by atomic mass is 35.5. The number of halogens is 1. The molecule has 1 N–H and O–H groups in total. The fourth-order valence-corrected chi connectivity index (χ4v) is 4.70. The monoisotopic (exact) mass is 374 g/mol. The summed E-state index contributed by atoms with van der Waals surface area (Å²) in [6.45, 7) is 0. The quantitative estimate of drug-likeness (QED) is 0.520. The van der Waals surface area contributed by atoms with E-state index in [1.165, 1.54) is 22.7 Å². The lowest BCUT2D eigenvalue weighted by Gasteiger charge is -1.99. The van der Waals surface area contributed by atoms with Crippen molar-refractivity contribution < 1.29 is 9.53 Å². The Morgan fingerprint density at radius 1 is 1.17 bits per heavy atom. The Morgan fingerprint density at radius 2 is 2.00 bits per heavy atom. The number of para-hydroxylation sites is 1. The van der Waals surface area contributed by atoms with Crippen LogP contribution in [0, 0.1) is 0 Å².